The predicted molar refractivity (Wildman–Crippen MR) is 70.3 cm³/mol. The van der Waals surface area contributed by atoms with Gasteiger partial charge in [-0.3, -0.25) is 4.98 Å². The maximum absolute atomic E-state index is 5.09. The van der Waals surface area contributed by atoms with Gasteiger partial charge in [0.2, 0.25) is 5.88 Å². The molecule has 0 spiro atoms. The van der Waals surface area contributed by atoms with Crippen LogP contribution in [0.3, 0.4) is 0 Å². The summed E-state index contributed by atoms with van der Waals surface area (Å²) in [7, 11) is 1.62. The van der Waals surface area contributed by atoms with Gasteiger partial charge < -0.3 is 10.1 Å². The lowest BCUT2D eigenvalue weighted by molar-refractivity contribution is 0.395. The van der Waals surface area contributed by atoms with Gasteiger partial charge in [0.25, 0.3) is 0 Å². The Balaban J connectivity index is 1.90. The SMILES string of the molecule is COc1cccc(CNCc2ncccc2C)n1. The first-order chi connectivity index (χ1) is 8.79. The zero-order valence-electron chi connectivity index (χ0n) is 10.7. The van der Waals surface area contributed by atoms with E-state index in [4.69, 9.17) is 4.74 Å². The van der Waals surface area contributed by atoms with Gasteiger partial charge in [0.15, 0.2) is 0 Å². The van der Waals surface area contributed by atoms with Gasteiger partial charge >= 0.3 is 0 Å². The van der Waals surface area contributed by atoms with Gasteiger partial charge in [-0.15, -0.1) is 0 Å². The Kier molecular flexibility index (Phi) is 4.25. The zero-order chi connectivity index (χ0) is 12.8. The molecule has 0 saturated carbocycles. The molecule has 2 rings (SSSR count). The summed E-state index contributed by atoms with van der Waals surface area (Å²) in [5.74, 6) is 0.642. The molecule has 0 bridgehead atoms. The van der Waals surface area contributed by atoms with Gasteiger partial charge in [0.05, 0.1) is 18.5 Å². The van der Waals surface area contributed by atoms with Gasteiger partial charge in [-0.2, -0.15) is 0 Å². The van der Waals surface area contributed by atoms with E-state index in [-0.39, 0.29) is 0 Å². The molecule has 94 valence electrons. The third-order valence-corrected chi connectivity index (χ3v) is 2.71. The Morgan fingerprint density at radius 3 is 2.83 bits per heavy atom. The van der Waals surface area contributed by atoms with Crippen LogP contribution in [0.1, 0.15) is 17.0 Å². The van der Waals surface area contributed by atoms with Crippen molar-refractivity contribution in [1.82, 2.24) is 15.3 Å². The van der Waals surface area contributed by atoms with Crippen LogP contribution < -0.4 is 10.1 Å². The number of hydrogen-bond acceptors (Lipinski definition) is 4. The fourth-order valence-electron chi connectivity index (χ4n) is 1.68. The average molecular weight is 243 g/mol. The van der Waals surface area contributed by atoms with E-state index in [1.807, 2.05) is 30.5 Å². The Bertz CT molecular complexity index is 514. The van der Waals surface area contributed by atoms with Crippen LogP contribution in [-0.2, 0) is 13.1 Å². The van der Waals surface area contributed by atoms with Crippen molar-refractivity contribution in [3.63, 3.8) is 0 Å². The number of nitrogens with zero attached hydrogens (tertiary/aromatic N) is 2. The topological polar surface area (TPSA) is 47.0 Å². The van der Waals surface area contributed by atoms with Crippen molar-refractivity contribution in [3.8, 4) is 5.88 Å². The lowest BCUT2D eigenvalue weighted by Gasteiger charge is -2.07. The number of aryl methyl sites for hydroxylation is 1. The molecule has 0 amide bonds. The summed E-state index contributed by atoms with van der Waals surface area (Å²) in [6.45, 7) is 3.51. The molecule has 2 aromatic rings. The van der Waals surface area contributed by atoms with Gasteiger partial charge in [-0.1, -0.05) is 12.1 Å². The number of nitrogens with one attached hydrogen (secondary N) is 1. The van der Waals surface area contributed by atoms with Crippen LogP contribution in [0.4, 0.5) is 0 Å². The Morgan fingerprint density at radius 2 is 2.06 bits per heavy atom. The van der Waals surface area contributed by atoms with Crippen molar-refractivity contribution in [1.29, 1.82) is 0 Å². The van der Waals surface area contributed by atoms with Crippen molar-refractivity contribution < 1.29 is 4.74 Å². The number of rotatable bonds is 5. The van der Waals surface area contributed by atoms with Crippen molar-refractivity contribution >= 4 is 0 Å². The van der Waals surface area contributed by atoms with Crippen molar-refractivity contribution in [2.24, 2.45) is 0 Å². The molecule has 2 aromatic heterocycles. The molecule has 2 heterocycles. The van der Waals surface area contributed by atoms with Crippen LogP contribution in [-0.4, -0.2) is 17.1 Å². The van der Waals surface area contributed by atoms with Gasteiger partial charge in [0.1, 0.15) is 0 Å². The second-order valence-electron chi connectivity index (χ2n) is 4.04. The van der Waals surface area contributed by atoms with Crippen LogP contribution in [0.5, 0.6) is 5.88 Å². The van der Waals surface area contributed by atoms with Crippen molar-refractivity contribution in [3.05, 3.63) is 53.5 Å². The van der Waals surface area contributed by atoms with E-state index in [2.05, 4.69) is 28.3 Å². The minimum Gasteiger partial charge on any atom is -0.481 e. The first-order valence-corrected chi connectivity index (χ1v) is 5.90. The molecule has 0 aliphatic heterocycles. The molecule has 0 aliphatic rings. The molecule has 4 nitrogen and oxygen atoms in total. The van der Waals surface area contributed by atoms with E-state index < -0.39 is 0 Å². The lowest BCUT2D eigenvalue weighted by Crippen LogP contribution is -2.15. The molecular weight excluding hydrogens is 226 g/mol. The number of pyridine rings is 2. The smallest absolute Gasteiger partial charge is 0.213 e. The monoisotopic (exact) mass is 243 g/mol. The predicted octanol–water partition coefficient (Wildman–Crippen LogP) is 2.08. The molecular formula is C14H17N3O. The van der Waals surface area contributed by atoms with Crippen molar-refractivity contribution in [2.45, 2.75) is 20.0 Å². The highest BCUT2D eigenvalue weighted by Gasteiger charge is 2.00. The number of aromatic nitrogens is 2. The summed E-state index contributed by atoms with van der Waals surface area (Å²) in [5, 5.41) is 3.33. The minimum atomic E-state index is 0.642. The molecule has 1 N–H and O–H groups in total. The highest BCUT2D eigenvalue weighted by Crippen LogP contribution is 2.07. The van der Waals surface area contributed by atoms with Crippen LogP contribution in [0.15, 0.2) is 36.5 Å². The highest BCUT2D eigenvalue weighted by atomic mass is 16.5. The molecule has 0 radical (unpaired) electrons. The second-order valence-corrected chi connectivity index (χ2v) is 4.04. The largest absolute Gasteiger partial charge is 0.481 e. The Morgan fingerprint density at radius 1 is 1.17 bits per heavy atom. The zero-order valence-corrected chi connectivity index (χ0v) is 10.7. The van der Waals surface area contributed by atoms with Crippen LogP contribution in [0.25, 0.3) is 0 Å². The number of ether oxygens (including phenoxy) is 1. The summed E-state index contributed by atoms with van der Waals surface area (Å²) in [6, 6.07) is 9.76. The molecule has 0 unspecified atom stereocenters. The molecule has 0 atom stereocenters. The van der Waals surface area contributed by atoms with E-state index in [1.54, 1.807) is 7.11 Å². The normalized spacial score (nSPS) is 10.3. The summed E-state index contributed by atoms with van der Waals surface area (Å²) in [6.07, 6.45) is 1.81. The second kappa shape index (κ2) is 6.12. The van der Waals surface area contributed by atoms with E-state index in [0.717, 1.165) is 17.9 Å². The van der Waals surface area contributed by atoms with Crippen LogP contribution in [0, 0.1) is 6.92 Å². The van der Waals surface area contributed by atoms with E-state index in [0.29, 0.717) is 12.4 Å². The summed E-state index contributed by atoms with van der Waals surface area (Å²) < 4.78 is 5.09. The Hall–Kier alpha value is -1.94. The van der Waals surface area contributed by atoms with Gasteiger partial charge in [-0.05, 0) is 24.6 Å². The van der Waals surface area contributed by atoms with E-state index in [9.17, 15) is 0 Å². The van der Waals surface area contributed by atoms with Crippen LogP contribution >= 0.6 is 0 Å². The fourth-order valence-corrected chi connectivity index (χ4v) is 1.68. The third-order valence-electron chi connectivity index (χ3n) is 2.71. The first-order valence-electron chi connectivity index (χ1n) is 5.90. The quantitative estimate of drug-likeness (QED) is 0.873. The summed E-state index contributed by atoms with van der Waals surface area (Å²) in [5.41, 5.74) is 3.23. The maximum atomic E-state index is 5.09. The minimum absolute atomic E-state index is 0.642. The van der Waals surface area contributed by atoms with Gasteiger partial charge in [-0.25, -0.2) is 4.98 Å². The highest BCUT2D eigenvalue weighted by molar-refractivity contribution is 5.18. The van der Waals surface area contributed by atoms with Crippen molar-refractivity contribution in [2.75, 3.05) is 7.11 Å². The average Bonchev–Trinajstić information content (AvgIpc) is 2.41. The molecule has 0 aromatic carbocycles. The number of hydrogen-bond donors (Lipinski definition) is 1. The molecule has 0 saturated heterocycles. The standard InChI is InChI=1S/C14H17N3O/c1-11-5-4-8-16-13(11)10-15-9-12-6-3-7-14(17-12)18-2/h3-8,15H,9-10H2,1-2H3. The Labute approximate surface area is 107 Å². The third kappa shape index (κ3) is 3.28. The fraction of sp³-hybridized carbons (Fsp3) is 0.286. The molecule has 0 aliphatic carbocycles. The van der Waals surface area contributed by atoms with E-state index >= 15 is 0 Å². The maximum Gasteiger partial charge on any atom is 0.213 e. The van der Waals surface area contributed by atoms with E-state index in [1.165, 1.54) is 5.56 Å². The molecule has 4 heteroatoms. The first kappa shape index (κ1) is 12.5. The van der Waals surface area contributed by atoms with Crippen LogP contribution in [0.2, 0.25) is 0 Å². The molecule has 18 heavy (non-hydrogen) atoms. The lowest BCUT2D eigenvalue weighted by atomic mass is 10.2. The molecule has 0 fully saturated rings. The van der Waals surface area contributed by atoms with Gasteiger partial charge in [0, 0.05) is 25.4 Å². The number of methoxy groups -OCH3 is 1. The summed E-state index contributed by atoms with van der Waals surface area (Å²) >= 11 is 0. The summed E-state index contributed by atoms with van der Waals surface area (Å²) in [4.78, 5) is 8.68.